The molecule has 0 aromatic carbocycles. The van der Waals surface area contributed by atoms with Gasteiger partial charge in [0.1, 0.15) is 59.9 Å². The van der Waals surface area contributed by atoms with Gasteiger partial charge in [-0.1, -0.05) is 58.2 Å². The molecule has 4 aromatic rings. The maximum atomic E-state index is 13.6. The quantitative estimate of drug-likeness (QED) is 0.0330. The van der Waals surface area contributed by atoms with E-state index in [1.165, 1.54) is 20.0 Å². The van der Waals surface area contributed by atoms with Crippen LogP contribution in [0.1, 0.15) is 126 Å². The molecule has 3 saturated carbocycles. The van der Waals surface area contributed by atoms with Crippen LogP contribution >= 0.6 is 12.1 Å². The maximum absolute atomic E-state index is 13.6. The molecule has 95 heavy (non-hydrogen) atoms. The van der Waals surface area contributed by atoms with E-state index in [1.807, 2.05) is 12.1 Å². The Balaban J connectivity index is 0.000000166. The smallest absolute Gasteiger partial charge is 0.277 e. The van der Waals surface area contributed by atoms with E-state index >= 15 is 0 Å². The van der Waals surface area contributed by atoms with Crippen molar-refractivity contribution in [3.05, 3.63) is 85.3 Å². The Morgan fingerprint density at radius 3 is 1.31 bits per heavy atom. The third-order valence-electron chi connectivity index (χ3n) is 18.5. The lowest BCUT2D eigenvalue weighted by Crippen LogP contribution is -2.43. The number of fused-ring (bicyclic) bond motifs is 3. The van der Waals surface area contributed by atoms with E-state index in [1.54, 1.807) is 48.0 Å². The minimum Gasteiger partial charge on any atom is -0.361 e. The fourth-order valence-electron chi connectivity index (χ4n) is 12.4. The molecule has 9 heterocycles. The van der Waals surface area contributed by atoms with E-state index < -0.39 is 44.3 Å². The van der Waals surface area contributed by atoms with Crippen molar-refractivity contribution in [2.45, 2.75) is 178 Å². The first-order valence-electron chi connectivity index (χ1n) is 33.0. The first-order valence-corrected chi connectivity index (χ1v) is 37.8. The number of aliphatic imine (C=N–C) groups is 2. The number of ether oxygens (including phenoxy) is 1. The number of carbonyl (C=O) groups is 6. The molecule has 9 atom stereocenters. The Bertz CT molecular complexity index is 3710. The van der Waals surface area contributed by atoms with Gasteiger partial charge in [0.2, 0.25) is 35.4 Å². The second-order valence-corrected chi connectivity index (χ2v) is 32.9. The maximum Gasteiger partial charge on any atom is 0.277 e. The summed E-state index contributed by atoms with van der Waals surface area (Å²) in [6, 6.07) is 8.34. The molecule has 5 aliphatic heterocycles. The summed E-state index contributed by atoms with van der Waals surface area (Å²) in [6.45, 7) is 9.49. The minimum absolute atomic E-state index is 0.0725. The highest BCUT2D eigenvalue weighted by Gasteiger charge is 2.38. The molecule has 4 aromatic heterocycles. The second-order valence-electron chi connectivity index (χ2n) is 27.0. The number of hydrogen-bond donors (Lipinski definition) is 6. The van der Waals surface area contributed by atoms with Crippen LogP contribution in [0.5, 0.6) is 0 Å². The highest BCUT2D eigenvalue weighted by Crippen LogP contribution is 2.39. The standard InChI is InChI=1S/C25H36N6O4Si.2C20H23N5O3.CH3FS/c1-36(2,3)11-10-35-16-30-15-28-20-7-9-31(25(34)22(20)30)21(12-17-4-5-17)24(33)29-19(14-26)13-18-6-8-27-23(18)32;2*21-11-15(10-14-4-7-23-18(14)26)24-19(27)16(9-12-1-2-12)25-8-5-13-3-6-22-17(13)20(25)28;1-3-2/h7,9,15,17-19,21H,4-6,8,10-13,16H2,1-3H3,(H,27,32)(H,29,33);2*5-6,8,12,14-16H,1-4,7,9-10H2,(H,23,26)(H,24,27);1H3/t18-,19-,21?;14-,15-,16?;14-,15-,16+;/m000./s1. The first kappa shape index (κ1) is 70.7. The van der Waals surface area contributed by atoms with E-state index in [4.69, 9.17) is 4.74 Å². The summed E-state index contributed by atoms with van der Waals surface area (Å²) in [5, 5.41) is 45.2. The zero-order chi connectivity index (χ0) is 67.9. The molecule has 6 amide bonds. The summed E-state index contributed by atoms with van der Waals surface area (Å²) in [7, 11) is -1.23. The van der Waals surface area contributed by atoms with Crippen LogP contribution < -0.4 is 48.6 Å². The number of nitriles is 3. The summed E-state index contributed by atoms with van der Waals surface area (Å²) in [4.78, 5) is 127. The number of pyridine rings is 3. The summed E-state index contributed by atoms with van der Waals surface area (Å²) in [6.07, 6.45) is 23.3. The Morgan fingerprint density at radius 1 is 0.600 bits per heavy atom. The van der Waals surface area contributed by atoms with E-state index in [0.717, 1.165) is 55.7 Å². The van der Waals surface area contributed by atoms with Gasteiger partial charge in [0.15, 0.2) is 0 Å². The topological polar surface area (TPSA) is 364 Å². The number of nitrogens with zero attached hydrogens (tertiary/aromatic N) is 10. The number of halogens is 1. The van der Waals surface area contributed by atoms with Gasteiger partial charge in [-0.3, -0.25) is 53.1 Å². The van der Waals surface area contributed by atoms with Gasteiger partial charge >= 0.3 is 0 Å². The van der Waals surface area contributed by atoms with Crippen LogP contribution in [0, 0.1) is 69.5 Å². The second kappa shape index (κ2) is 32.7. The molecule has 3 saturated heterocycles. The molecular formula is C66H85FN16O10SSi. The summed E-state index contributed by atoms with van der Waals surface area (Å²) < 4.78 is 22.1. The van der Waals surface area contributed by atoms with Gasteiger partial charge < -0.3 is 54.9 Å². The Morgan fingerprint density at radius 2 is 0.968 bits per heavy atom. The molecule has 29 heteroatoms. The zero-order valence-corrected chi connectivity index (χ0v) is 56.0. The van der Waals surface area contributed by atoms with Gasteiger partial charge in [0.05, 0.1) is 30.1 Å². The molecule has 6 fully saturated rings. The first-order chi connectivity index (χ1) is 45.7. The molecule has 8 aliphatic rings. The molecule has 6 N–H and O–H groups in total. The van der Waals surface area contributed by atoms with Crippen molar-refractivity contribution in [1.29, 1.82) is 15.8 Å². The largest absolute Gasteiger partial charge is 0.361 e. The van der Waals surface area contributed by atoms with Crippen molar-refractivity contribution < 1.29 is 37.4 Å². The lowest BCUT2D eigenvalue weighted by Gasteiger charge is -2.22. The molecule has 2 unspecified atom stereocenters. The van der Waals surface area contributed by atoms with Gasteiger partial charge in [-0.15, -0.1) is 0 Å². The number of nitrogens with one attached hydrogen (secondary N) is 6. The molecule has 12 rings (SSSR count). The van der Waals surface area contributed by atoms with Crippen molar-refractivity contribution in [2.24, 2.45) is 45.5 Å². The third kappa shape index (κ3) is 19.1. The lowest BCUT2D eigenvalue weighted by atomic mass is 9.98. The van der Waals surface area contributed by atoms with Gasteiger partial charge in [-0.25, -0.2) is 4.98 Å². The normalized spacial score (nSPS) is 20.7. The molecule has 0 radical (unpaired) electrons. The number of amides is 6. The van der Waals surface area contributed by atoms with Crippen LogP contribution in [0.4, 0.5) is 15.3 Å². The molecule has 3 aliphatic carbocycles. The third-order valence-corrected chi connectivity index (χ3v) is 20.2. The number of aromatic nitrogens is 5. The van der Waals surface area contributed by atoms with Gasteiger partial charge in [-0.05, 0) is 111 Å². The Labute approximate surface area is 555 Å². The fourth-order valence-corrected chi connectivity index (χ4v) is 13.2. The molecule has 26 nitrogen and oxygen atoms in total. The molecule has 0 spiro atoms. The molecule has 506 valence electrons. The van der Waals surface area contributed by atoms with Crippen molar-refractivity contribution in [3.8, 4) is 18.2 Å². The van der Waals surface area contributed by atoms with Crippen molar-refractivity contribution >= 4 is 90.5 Å². The van der Waals surface area contributed by atoms with Crippen molar-refractivity contribution in [1.82, 2.24) is 55.2 Å². The van der Waals surface area contributed by atoms with Gasteiger partial charge in [-0.2, -0.15) is 19.7 Å². The Hall–Kier alpha value is -8.59. The van der Waals surface area contributed by atoms with Crippen LogP contribution in [-0.4, -0.2) is 130 Å². The summed E-state index contributed by atoms with van der Waals surface area (Å²) in [5.41, 5.74) is 2.65. The SMILES string of the molecule is CSF.C[Si](C)(C)CCOCn1cnc2ccn(C(CC3CC3)C(=O)N[C@H](C#N)C[C@@H]3CCNC3=O)c(=O)c21.N#C[C@H](C[C@@H]1CCNC1=O)NC(=O)C(CC1CC1)n1ccc2c(c1=O)N=CC2.N#C[C@H](C[C@@H]1CCNC1=O)NC(=O)[C@@H](CC1CC1)n1ccc2c(c1=O)N=CC2. The Kier molecular flexibility index (Phi) is 24.3. The predicted molar refractivity (Wildman–Crippen MR) is 357 cm³/mol. The predicted octanol–water partition coefficient (Wildman–Crippen LogP) is 5.58. The van der Waals surface area contributed by atoms with E-state index in [-0.39, 0.29) is 108 Å². The highest BCUT2D eigenvalue weighted by molar-refractivity contribution is 7.93. The van der Waals surface area contributed by atoms with Crippen LogP contribution in [-0.2, 0) is 53.1 Å². The van der Waals surface area contributed by atoms with E-state index in [0.29, 0.717) is 118 Å². The van der Waals surface area contributed by atoms with Gasteiger partial charge in [0.25, 0.3) is 16.7 Å². The monoisotopic (exact) mass is 1340 g/mol. The number of hydrogen-bond acceptors (Lipinski definition) is 17. The molecule has 0 bridgehead atoms. The van der Waals surface area contributed by atoms with E-state index in [2.05, 4.69) is 84.7 Å². The van der Waals surface area contributed by atoms with Crippen LogP contribution in [0.25, 0.3) is 11.0 Å². The van der Waals surface area contributed by atoms with Gasteiger partial charge in [0, 0.05) is 114 Å². The lowest BCUT2D eigenvalue weighted by molar-refractivity contribution is -0.126. The number of carbonyl (C=O) groups excluding carboxylic acids is 6. The minimum atomic E-state index is -1.23. The highest BCUT2D eigenvalue weighted by atomic mass is 32.2. The van der Waals surface area contributed by atoms with Crippen molar-refractivity contribution in [2.75, 3.05) is 32.5 Å². The average molecular weight is 1340 g/mol. The number of rotatable bonds is 26. The van der Waals surface area contributed by atoms with Crippen LogP contribution in [0.15, 0.2) is 67.5 Å². The number of imidazole rings is 1. The summed E-state index contributed by atoms with van der Waals surface area (Å²) in [5.74, 6) is -0.888. The average Bonchev–Trinajstić information content (AvgIpc) is 1.43. The summed E-state index contributed by atoms with van der Waals surface area (Å²) >= 11 is 0.250. The van der Waals surface area contributed by atoms with Crippen LogP contribution in [0.2, 0.25) is 25.7 Å². The zero-order valence-electron chi connectivity index (χ0n) is 54.2. The van der Waals surface area contributed by atoms with Crippen LogP contribution in [0.3, 0.4) is 0 Å². The van der Waals surface area contributed by atoms with E-state index in [9.17, 15) is 62.8 Å². The van der Waals surface area contributed by atoms with Crippen molar-refractivity contribution in [3.63, 3.8) is 0 Å². The fraction of sp³-hybridized carbons (Fsp3) is 0.591. The molecular weight excluding hydrogens is 1260 g/mol.